The summed E-state index contributed by atoms with van der Waals surface area (Å²) in [6.45, 7) is 3.97. The second kappa shape index (κ2) is 5.70. The summed E-state index contributed by atoms with van der Waals surface area (Å²) in [6.07, 6.45) is 1.84. The molecular weight excluding hydrogens is 212 g/mol. The summed E-state index contributed by atoms with van der Waals surface area (Å²) in [5, 5.41) is 11.9. The van der Waals surface area contributed by atoms with Gasteiger partial charge in [-0.2, -0.15) is 11.8 Å². The van der Waals surface area contributed by atoms with Gasteiger partial charge >= 0.3 is 5.97 Å². The van der Waals surface area contributed by atoms with Crippen molar-refractivity contribution in [2.24, 2.45) is 0 Å². The van der Waals surface area contributed by atoms with Crippen molar-refractivity contribution in [2.45, 2.75) is 19.9 Å². The van der Waals surface area contributed by atoms with E-state index in [1.54, 1.807) is 11.8 Å². The highest BCUT2D eigenvalue weighted by molar-refractivity contribution is 7.99. The molecule has 0 saturated carbocycles. The van der Waals surface area contributed by atoms with Crippen LogP contribution in [-0.4, -0.2) is 33.6 Å². The van der Waals surface area contributed by atoms with E-state index < -0.39 is 12.0 Å². The molecule has 3 N–H and O–H groups in total. The van der Waals surface area contributed by atoms with Crippen LogP contribution in [0.4, 0.5) is 5.82 Å². The molecule has 0 bridgehead atoms. The third-order valence-electron chi connectivity index (χ3n) is 1.94. The van der Waals surface area contributed by atoms with Crippen molar-refractivity contribution in [1.29, 1.82) is 0 Å². The van der Waals surface area contributed by atoms with Crippen molar-refractivity contribution in [1.82, 2.24) is 4.98 Å². The Hall–Kier alpha value is -1.10. The molecule has 1 atom stereocenters. The Balaban J connectivity index is 2.54. The number of aryl methyl sites for hydroxylation is 1. The van der Waals surface area contributed by atoms with Crippen LogP contribution in [0.2, 0.25) is 0 Å². The molecule has 84 valence electrons. The minimum atomic E-state index is -0.816. The lowest BCUT2D eigenvalue weighted by Gasteiger charge is -2.13. The molecule has 1 aromatic heterocycles. The predicted molar refractivity (Wildman–Crippen MR) is 63.6 cm³/mol. The number of carboxylic acid groups (broad SMARTS) is 1. The van der Waals surface area contributed by atoms with Gasteiger partial charge in [-0.25, -0.2) is 4.79 Å². The Morgan fingerprint density at radius 2 is 2.47 bits per heavy atom. The first-order valence-corrected chi connectivity index (χ1v) is 6.01. The van der Waals surface area contributed by atoms with E-state index in [-0.39, 0.29) is 0 Å². The van der Waals surface area contributed by atoms with Crippen molar-refractivity contribution >= 4 is 23.5 Å². The zero-order chi connectivity index (χ0) is 11.3. The summed E-state index contributed by atoms with van der Waals surface area (Å²) in [5.74, 6) is 1.44. The number of carboxylic acids is 1. The van der Waals surface area contributed by atoms with Crippen molar-refractivity contribution in [3.63, 3.8) is 0 Å². The standard InChI is InChI=1S/C10H16N2O2S/c1-3-15-6-8(10(13)14)12-9-4-7(2)5-11-9/h4-5,8,11-12H,3,6H2,1-2H3,(H,13,14). The number of hydrogen-bond donors (Lipinski definition) is 3. The highest BCUT2D eigenvalue weighted by Gasteiger charge is 2.16. The van der Waals surface area contributed by atoms with Gasteiger partial charge in [-0.15, -0.1) is 0 Å². The number of aliphatic carboxylic acids is 1. The molecule has 4 nitrogen and oxygen atoms in total. The smallest absolute Gasteiger partial charge is 0.327 e. The van der Waals surface area contributed by atoms with Crippen LogP contribution in [0, 0.1) is 6.92 Å². The molecule has 1 unspecified atom stereocenters. The lowest BCUT2D eigenvalue weighted by molar-refractivity contribution is -0.137. The molecule has 5 heteroatoms. The Bertz CT molecular complexity index is 325. The molecule has 0 aliphatic rings. The zero-order valence-electron chi connectivity index (χ0n) is 8.91. The Kier molecular flexibility index (Phi) is 4.55. The van der Waals surface area contributed by atoms with Crippen LogP contribution in [0.3, 0.4) is 0 Å². The number of carbonyl (C=O) groups is 1. The van der Waals surface area contributed by atoms with Gasteiger partial charge in [0.25, 0.3) is 0 Å². The van der Waals surface area contributed by atoms with Crippen LogP contribution in [0.1, 0.15) is 12.5 Å². The number of nitrogens with one attached hydrogen (secondary N) is 2. The van der Waals surface area contributed by atoms with Crippen LogP contribution in [-0.2, 0) is 4.79 Å². The molecule has 0 aromatic carbocycles. The first-order chi connectivity index (χ1) is 7.13. The van der Waals surface area contributed by atoms with E-state index in [1.165, 1.54) is 0 Å². The molecule has 1 rings (SSSR count). The van der Waals surface area contributed by atoms with Crippen molar-refractivity contribution in [3.8, 4) is 0 Å². The number of H-pyrrole nitrogens is 1. The van der Waals surface area contributed by atoms with Gasteiger partial charge < -0.3 is 15.4 Å². The molecule has 0 saturated heterocycles. The monoisotopic (exact) mass is 228 g/mol. The van der Waals surface area contributed by atoms with Gasteiger partial charge in [-0.3, -0.25) is 0 Å². The van der Waals surface area contributed by atoms with Gasteiger partial charge in [0.2, 0.25) is 0 Å². The molecule has 15 heavy (non-hydrogen) atoms. The van der Waals surface area contributed by atoms with E-state index in [0.29, 0.717) is 5.75 Å². The molecule has 0 aliphatic carbocycles. The average Bonchev–Trinajstić information content (AvgIpc) is 2.58. The number of rotatable bonds is 6. The summed E-state index contributed by atoms with van der Waals surface area (Å²) in [4.78, 5) is 13.9. The van der Waals surface area contributed by atoms with Gasteiger partial charge in [0.1, 0.15) is 11.9 Å². The van der Waals surface area contributed by atoms with E-state index in [2.05, 4.69) is 10.3 Å². The van der Waals surface area contributed by atoms with Crippen LogP contribution >= 0.6 is 11.8 Å². The quantitative estimate of drug-likeness (QED) is 0.696. The van der Waals surface area contributed by atoms with E-state index in [1.807, 2.05) is 26.1 Å². The number of aromatic amines is 1. The van der Waals surface area contributed by atoms with Crippen LogP contribution < -0.4 is 5.32 Å². The highest BCUT2D eigenvalue weighted by atomic mass is 32.2. The molecule has 0 spiro atoms. The van der Waals surface area contributed by atoms with Gasteiger partial charge in [0, 0.05) is 11.9 Å². The molecule has 0 radical (unpaired) electrons. The number of aromatic nitrogens is 1. The van der Waals surface area contributed by atoms with Crippen LogP contribution in [0.15, 0.2) is 12.3 Å². The maximum Gasteiger partial charge on any atom is 0.327 e. The minimum absolute atomic E-state index is 0.534. The fourth-order valence-corrected chi connectivity index (χ4v) is 1.88. The summed E-state index contributed by atoms with van der Waals surface area (Å²) in [5.41, 5.74) is 1.09. The first-order valence-electron chi connectivity index (χ1n) is 4.85. The molecule has 0 aliphatic heterocycles. The topological polar surface area (TPSA) is 65.1 Å². The fraction of sp³-hybridized carbons (Fsp3) is 0.500. The molecule has 1 aromatic rings. The Morgan fingerprint density at radius 3 is 2.93 bits per heavy atom. The second-order valence-corrected chi connectivity index (χ2v) is 4.60. The summed E-state index contributed by atoms with van der Waals surface area (Å²) >= 11 is 1.61. The van der Waals surface area contributed by atoms with E-state index in [9.17, 15) is 4.79 Å². The van der Waals surface area contributed by atoms with E-state index in [0.717, 1.165) is 17.1 Å². The van der Waals surface area contributed by atoms with Crippen molar-refractivity contribution in [2.75, 3.05) is 16.8 Å². The lowest BCUT2D eigenvalue weighted by Crippen LogP contribution is -2.31. The van der Waals surface area contributed by atoms with Gasteiger partial charge in [-0.1, -0.05) is 6.92 Å². The zero-order valence-corrected chi connectivity index (χ0v) is 9.73. The average molecular weight is 228 g/mol. The molecule has 1 heterocycles. The second-order valence-electron chi connectivity index (χ2n) is 3.29. The largest absolute Gasteiger partial charge is 0.480 e. The van der Waals surface area contributed by atoms with Crippen LogP contribution in [0.5, 0.6) is 0 Å². The molecule has 0 amide bonds. The number of hydrogen-bond acceptors (Lipinski definition) is 3. The van der Waals surface area contributed by atoms with Crippen LogP contribution in [0.25, 0.3) is 0 Å². The summed E-state index contributed by atoms with van der Waals surface area (Å²) in [6, 6.07) is 1.36. The van der Waals surface area contributed by atoms with Gasteiger partial charge in [0.05, 0.1) is 0 Å². The van der Waals surface area contributed by atoms with Crippen molar-refractivity contribution in [3.05, 3.63) is 17.8 Å². The maximum atomic E-state index is 10.9. The predicted octanol–water partition coefficient (Wildman–Crippen LogP) is 1.94. The van der Waals surface area contributed by atoms with E-state index >= 15 is 0 Å². The van der Waals surface area contributed by atoms with Gasteiger partial charge in [0.15, 0.2) is 0 Å². The normalized spacial score (nSPS) is 12.4. The molecule has 0 fully saturated rings. The van der Waals surface area contributed by atoms with Gasteiger partial charge in [-0.05, 0) is 24.3 Å². The molecular formula is C10H16N2O2S. The SMILES string of the molecule is CCSCC(Nc1cc(C)c[nH]1)C(=O)O. The summed E-state index contributed by atoms with van der Waals surface area (Å²) in [7, 11) is 0. The van der Waals surface area contributed by atoms with Crippen molar-refractivity contribution < 1.29 is 9.90 Å². The first kappa shape index (κ1) is 12.0. The highest BCUT2D eigenvalue weighted by Crippen LogP contribution is 2.11. The van der Waals surface area contributed by atoms with E-state index in [4.69, 9.17) is 5.11 Å². The minimum Gasteiger partial charge on any atom is -0.480 e. The maximum absolute atomic E-state index is 10.9. The number of anilines is 1. The third-order valence-corrected chi connectivity index (χ3v) is 2.92. The fourth-order valence-electron chi connectivity index (χ4n) is 1.18. The third kappa shape index (κ3) is 3.87. The Labute approximate surface area is 93.5 Å². The Morgan fingerprint density at radius 1 is 1.73 bits per heavy atom. The lowest BCUT2D eigenvalue weighted by atomic mass is 10.3. The number of thioether (sulfide) groups is 1. The summed E-state index contributed by atoms with van der Waals surface area (Å²) < 4.78 is 0.